The van der Waals surface area contributed by atoms with Gasteiger partial charge in [0.1, 0.15) is 0 Å². The van der Waals surface area contributed by atoms with Crippen LogP contribution in [0.3, 0.4) is 0 Å². The number of ether oxygens (including phenoxy) is 1. The molecule has 0 spiro atoms. The SMILES string of the molecule is O=C(O)CN(CC1CC1)CC1CCCCO1. The van der Waals surface area contributed by atoms with Crippen molar-refractivity contribution in [1.29, 1.82) is 0 Å². The first kappa shape index (κ1) is 11.9. The number of carboxylic acids is 1. The van der Waals surface area contributed by atoms with Gasteiger partial charge in [-0.05, 0) is 38.0 Å². The minimum atomic E-state index is -0.726. The van der Waals surface area contributed by atoms with Gasteiger partial charge in [0.05, 0.1) is 12.6 Å². The van der Waals surface area contributed by atoms with Gasteiger partial charge in [0.2, 0.25) is 0 Å². The van der Waals surface area contributed by atoms with Crippen LogP contribution >= 0.6 is 0 Å². The van der Waals surface area contributed by atoms with Gasteiger partial charge in [0.25, 0.3) is 0 Å². The maximum absolute atomic E-state index is 10.8. The minimum absolute atomic E-state index is 0.163. The Morgan fingerprint density at radius 1 is 1.25 bits per heavy atom. The molecule has 92 valence electrons. The number of carbonyl (C=O) groups is 1. The van der Waals surface area contributed by atoms with Crippen LogP contribution in [-0.4, -0.2) is 48.3 Å². The molecule has 1 saturated heterocycles. The normalized spacial score (nSPS) is 25.9. The third-order valence-corrected chi connectivity index (χ3v) is 3.31. The molecule has 2 aliphatic rings. The fourth-order valence-corrected chi connectivity index (χ4v) is 2.30. The van der Waals surface area contributed by atoms with E-state index in [0.29, 0.717) is 0 Å². The number of carboxylic acid groups (broad SMARTS) is 1. The van der Waals surface area contributed by atoms with Crippen molar-refractivity contribution in [1.82, 2.24) is 4.90 Å². The third kappa shape index (κ3) is 4.10. The highest BCUT2D eigenvalue weighted by Gasteiger charge is 2.27. The second-order valence-corrected chi connectivity index (χ2v) is 5.02. The fraction of sp³-hybridized carbons (Fsp3) is 0.917. The van der Waals surface area contributed by atoms with Crippen LogP contribution in [0.25, 0.3) is 0 Å². The molecule has 0 aromatic carbocycles. The molecule has 0 amide bonds. The summed E-state index contributed by atoms with van der Waals surface area (Å²) in [6, 6.07) is 0. The molecule has 1 aliphatic carbocycles. The van der Waals surface area contributed by atoms with Crippen LogP contribution in [0.1, 0.15) is 32.1 Å². The molecule has 1 atom stereocenters. The fourth-order valence-electron chi connectivity index (χ4n) is 2.30. The Bertz CT molecular complexity index is 234. The van der Waals surface area contributed by atoms with Crippen molar-refractivity contribution in [3.8, 4) is 0 Å². The molecule has 1 saturated carbocycles. The lowest BCUT2D eigenvalue weighted by atomic mass is 10.1. The van der Waals surface area contributed by atoms with Crippen molar-refractivity contribution in [2.75, 3.05) is 26.2 Å². The first-order chi connectivity index (χ1) is 7.74. The lowest BCUT2D eigenvalue weighted by Gasteiger charge is -2.28. The molecule has 1 aliphatic heterocycles. The molecular formula is C12H21NO3. The standard InChI is InChI=1S/C12H21NO3/c14-12(15)9-13(7-10-4-5-10)8-11-3-1-2-6-16-11/h10-11H,1-9H2,(H,14,15). The van der Waals surface area contributed by atoms with Gasteiger partial charge >= 0.3 is 5.97 Å². The summed E-state index contributed by atoms with van der Waals surface area (Å²) in [5.74, 6) is 0.0133. The van der Waals surface area contributed by atoms with Gasteiger partial charge in [0.15, 0.2) is 0 Å². The van der Waals surface area contributed by atoms with Crippen LogP contribution in [0, 0.1) is 5.92 Å². The summed E-state index contributed by atoms with van der Waals surface area (Å²) in [7, 11) is 0. The summed E-state index contributed by atoms with van der Waals surface area (Å²) in [6.07, 6.45) is 6.24. The number of aliphatic carboxylic acids is 1. The monoisotopic (exact) mass is 227 g/mol. The van der Waals surface area contributed by atoms with Crippen LogP contribution in [-0.2, 0) is 9.53 Å². The average molecular weight is 227 g/mol. The van der Waals surface area contributed by atoms with E-state index in [1.54, 1.807) is 0 Å². The predicted molar refractivity (Wildman–Crippen MR) is 60.4 cm³/mol. The highest BCUT2D eigenvalue weighted by Crippen LogP contribution is 2.30. The van der Waals surface area contributed by atoms with Crippen molar-refractivity contribution in [3.05, 3.63) is 0 Å². The van der Waals surface area contributed by atoms with Crippen LogP contribution in [0.5, 0.6) is 0 Å². The zero-order valence-electron chi connectivity index (χ0n) is 9.73. The second kappa shape index (κ2) is 5.64. The highest BCUT2D eigenvalue weighted by atomic mass is 16.5. The van der Waals surface area contributed by atoms with E-state index >= 15 is 0 Å². The predicted octanol–water partition coefficient (Wildman–Crippen LogP) is 1.35. The smallest absolute Gasteiger partial charge is 0.317 e. The van der Waals surface area contributed by atoms with Crippen LogP contribution in [0.15, 0.2) is 0 Å². The first-order valence-electron chi connectivity index (χ1n) is 6.30. The van der Waals surface area contributed by atoms with Crippen molar-refractivity contribution >= 4 is 5.97 Å². The Labute approximate surface area is 96.6 Å². The highest BCUT2D eigenvalue weighted by molar-refractivity contribution is 5.69. The summed E-state index contributed by atoms with van der Waals surface area (Å²) in [5, 5.41) is 8.86. The molecule has 4 nitrogen and oxygen atoms in total. The number of rotatable bonds is 6. The van der Waals surface area contributed by atoms with E-state index in [4.69, 9.17) is 9.84 Å². The Kier molecular flexibility index (Phi) is 4.18. The van der Waals surface area contributed by atoms with Gasteiger partial charge in [-0.25, -0.2) is 0 Å². The average Bonchev–Trinajstić information content (AvgIpc) is 3.02. The summed E-state index contributed by atoms with van der Waals surface area (Å²) in [5.41, 5.74) is 0. The van der Waals surface area contributed by atoms with E-state index in [1.807, 2.05) is 0 Å². The number of nitrogens with zero attached hydrogens (tertiary/aromatic N) is 1. The van der Waals surface area contributed by atoms with E-state index in [-0.39, 0.29) is 12.6 Å². The van der Waals surface area contributed by atoms with E-state index in [9.17, 15) is 4.79 Å². The summed E-state index contributed by atoms with van der Waals surface area (Å²) >= 11 is 0. The third-order valence-electron chi connectivity index (χ3n) is 3.31. The maximum atomic E-state index is 10.8. The van der Waals surface area contributed by atoms with Crippen LogP contribution in [0.2, 0.25) is 0 Å². The van der Waals surface area contributed by atoms with Crippen molar-refractivity contribution < 1.29 is 14.6 Å². The summed E-state index contributed by atoms with van der Waals surface area (Å²) in [4.78, 5) is 12.8. The van der Waals surface area contributed by atoms with Gasteiger partial charge in [-0.3, -0.25) is 9.69 Å². The summed E-state index contributed by atoms with van der Waals surface area (Å²) < 4.78 is 5.66. The molecule has 1 N–H and O–H groups in total. The van der Waals surface area contributed by atoms with Gasteiger partial charge in [-0.1, -0.05) is 0 Å². The number of hydrogen-bond acceptors (Lipinski definition) is 3. The quantitative estimate of drug-likeness (QED) is 0.744. The van der Waals surface area contributed by atoms with Crippen molar-refractivity contribution in [2.24, 2.45) is 5.92 Å². The molecule has 2 rings (SSSR count). The topological polar surface area (TPSA) is 49.8 Å². The molecular weight excluding hydrogens is 206 g/mol. The molecule has 0 bridgehead atoms. The second-order valence-electron chi connectivity index (χ2n) is 5.02. The molecule has 0 radical (unpaired) electrons. The zero-order valence-corrected chi connectivity index (χ0v) is 9.73. The Morgan fingerprint density at radius 2 is 2.06 bits per heavy atom. The molecule has 0 aromatic heterocycles. The van der Waals surface area contributed by atoms with Crippen LogP contribution in [0.4, 0.5) is 0 Å². The van der Waals surface area contributed by atoms with Crippen LogP contribution < -0.4 is 0 Å². The van der Waals surface area contributed by atoms with E-state index < -0.39 is 5.97 Å². The Morgan fingerprint density at radius 3 is 2.62 bits per heavy atom. The van der Waals surface area contributed by atoms with Gasteiger partial charge in [0, 0.05) is 19.7 Å². The Hall–Kier alpha value is -0.610. The molecule has 0 aromatic rings. The first-order valence-corrected chi connectivity index (χ1v) is 6.30. The molecule has 2 fully saturated rings. The van der Waals surface area contributed by atoms with Crippen molar-refractivity contribution in [3.63, 3.8) is 0 Å². The lowest BCUT2D eigenvalue weighted by molar-refractivity contribution is -0.139. The molecule has 4 heteroatoms. The summed E-state index contributed by atoms with van der Waals surface area (Å²) in [6.45, 7) is 2.74. The molecule has 1 heterocycles. The molecule has 16 heavy (non-hydrogen) atoms. The lowest BCUT2D eigenvalue weighted by Crippen LogP contribution is -2.39. The Balaban J connectivity index is 1.76. The zero-order chi connectivity index (χ0) is 11.4. The van der Waals surface area contributed by atoms with Crippen molar-refractivity contribution in [2.45, 2.75) is 38.2 Å². The van der Waals surface area contributed by atoms with E-state index in [2.05, 4.69) is 4.90 Å². The van der Waals surface area contributed by atoms with E-state index in [1.165, 1.54) is 19.3 Å². The largest absolute Gasteiger partial charge is 0.480 e. The minimum Gasteiger partial charge on any atom is -0.480 e. The van der Waals surface area contributed by atoms with Gasteiger partial charge < -0.3 is 9.84 Å². The number of hydrogen-bond donors (Lipinski definition) is 1. The maximum Gasteiger partial charge on any atom is 0.317 e. The molecule has 1 unspecified atom stereocenters. The van der Waals surface area contributed by atoms with E-state index in [0.717, 1.165) is 38.5 Å². The van der Waals surface area contributed by atoms with Gasteiger partial charge in [-0.2, -0.15) is 0 Å². The van der Waals surface area contributed by atoms with Gasteiger partial charge in [-0.15, -0.1) is 0 Å².